The highest BCUT2D eigenvalue weighted by Gasteiger charge is 2.36. The van der Waals surface area contributed by atoms with Crippen LogP contribution in [0.25, 0.3) is 0 Å². The molecule has 2 unspecified atom stereocenters. The van der Waals surface area contributed by atoms with E-state index < -0.39 is 0 Å². The van der Waals surface area contributed by atoms with Gasteiger partial charge in [-0.1, -0.05) is 6.92 Å². The predicted octanol–water partition coefficient (Wildman–Crippen LogP) is 2.02. The molecular weight excluding hydrogens is 112 g/mol. The van der Waals surface area contributed by atoms with Gasteiger partial charge in [-0.2, -0.15) is 0 Å². The van der Waals surface area contributed by atoms with Crippen LogP contribution in [-0.4, -0.2) is 11.7 Å². The van der Waals surface area contributed by atoms with E-state index in [4.69, 9.17) is 4.74 Å². The molecule has 0 saturated carbocycles. The Morgan fingerprint density at radius 2 is 1.89 bits per heavy atom. The van der Waals surface area contributed by atoms with Crippen LogP contribution in [-0.2, 0) is 4.74 Å². The van der Waals surface area contributed by atoms with Crippen molar-refractivity contribution in [2.24, 2.45) is 5.92 Å². The summed E-state index contributed by atoms with van der Waals surface area (Å²) >= 11 is 0. The second-order valence-electron chi connectivity index (χ2n) is 3.41. The second-order valence-corrected chi connectivity index (χ2v) is 3.41. The van der Waals surface area contributed by atoms with Gasteiger partial charge in [0, 0.05) is 0 Å². The molecule has 0 aromatic carbocycles. The first-order chi connectivity index (χ1) is 4.02. The Labute approximate surface area is 57.4 Å². The maximum atomic E-state index is 5.61. The van der Waals surface area contributed by atoms with Crippen molar-refractivity contribution in [3.8, 4) is 0 Å². The zero-order valence-electron chi connectivity index (χ0n) is 6.64. The van der Waals surface area contributed by atoms with Crippen LogP contribution in [0.15, 0.2) is 0 Å². The molecular formula is C8H15O. The summed E-state index contributed by atoms with van der Waals surface area (Å²) in [6, 6.07) is 0. The summed E-state index contributed by atoms with van der Waals surface area (Å²) in [6.45, 7) is 8.56. The van der Waals surface area contributed by atoms with Crippen molar-refractivity contribution in [3.63, 3.8) is 0 Å². The minimum Gasteiger partial charge on any atom is -0.372 e. The van der Waals surface area contributed by atoms with E-state index in [2.05, 4.69) is 34.1 Å². The van der Waals surface area contributed by atoms with Crippen molar-refractivity contribution in [1.29, 1.82) is 0 Å². The van der Waals surface area contributed by atoms with Crippen LogP contribution in [0.1, 0.15) is 27.7 Å². The van der Waals surface area contributed by atoms with E-state index in [0.717, 1.165) is 0 Å². The van der Waals surface area contributed by atoms with Gasteiger partial charge in [-0.25, -0.2) is 0 Å². The number of hydrogen-bond acceptors (Lipinski definition) is 1. The largest absolute Gasteiger partial charge is 0.372 e. The van der Waals surface area contributed by atoms with Crippen LogP contribution < -0.4 is 0 Å². The molecule has 0 aliphatic carbocycles. The monoisotopic (exact) mass is 127 g/mol. The highest BCUT2D eigenvalue weighted by Crippen LogP contribution is 2.33. The number of hydrogen-bond donors (Lipinski definition) is 0. The molecule has 1 rings (SSSR count). The molecule has 0 aromatic heterocycles. The summed E-state index contributed by atoms with van der Waals surface area (Å²) < 4.78 is 5.61. The molecule has 1 aliphatic rings. The fourth-order valence-corrected chi connectivity index (χ4v) is 1.26. The first kappa shape index (κ1) is 7.07. The first-order valence-corrected chi connectivity index (χ1v) is 3.55. The Hall–Kier alpha value is -0.0400. The molecule has 1 fully saturated rings. The topological polar surface area (TPSA) is 9.23 Å². The highest BCUT2D eigenvalue weighted by atomic mass is 16.5. The van der Waals surface area contributed by atoms with E-state index >= 15 is 0 Å². The quantitative estimate of drug-likeness (QED) is 0.483. The second kappa shape index (κ2) is 1.98. The minimum atomic E-state index is 0.0689. The molecule has 1 radical (unpaired) electrons. The molecule has 1 heteroatoms. The highest BCUT2D eigenvalue weighted by molar-refractivity contribution is 4.97. The van der Waals surface area contributed by atoms with E-state index in [-0.39, 0.29) is 5.60 Å². The van der Waals surface area contributed by atoms with E-state index in [1.165, 1.54) is 0 Å². The van der Waals surface area contributed by atoms with Crippen LogP contribution >= 0.6 is 0 Å². The average Bonchev–Trinajstić information content (AvgIpc) is 1.79. The standard InChI is InChI=1S/C8H15O/c1-6-5-7(2)9-8(6,3)4/h5-7H,1-4H3. The van der Waals surface area contributed by atoms with E-state index in [9.17, 15) is 0 Å². The summed E-state index contributed by atoms with van der Waals surface area (Å²) in [5.74, 6) is 0.590. The molecule has 0 bridgehead atoms. The lowest BCUT2D eigenvalue weighted by molar-refractivity contribution is -0.0204. The fraction of sp³-hybridized carbons (Fsp3) is 0.875. The van der Waals surface area contributed by atoms with Gasteiger partial charge in [-0.3, -0.25) is 0 Å². The summed E-state index contributed by atoms with van der Waals surface area (Å²) in [4.78, 5) is 0. The normalized spacial score (nSPS) is 41.3. The lowest BCUT2D eigenvalue weighted by Gasteiger charge is -2.22. The van der Waals surface area contributed by atoms with Crippen molar-refractivity contribution in [2.45, 2.75) is 39.4 Å². The van der Waals surface area contributed by atoms with Crippen molar-refractivity contribution >= 4 is 0 Å². The van der Waals surface area contributed by atoms with Crippen LogP contribution in [0.3, 0.4) is 0 Å². The number of rotatable bonds is 0. The van der Waals surface area contributed by atoms with Gasteiger partial charge in [0.15, 0.2) is 0 Å². The van der Waals surface area contributed by atoms with E-state index in [0.29, 0.717) is 12.0 Å². The van der Waals surface area contributed by atoms with Crippen LogP contribution in [0.4, 0.5) is 0 Å². The van der Waals surface area contributed by atoms with Crippen LogP contribution in [0.5, 0.6) is 0 Å². The Morgan fingerprint density at radius 3 is 2.00 bits per heavy atom. The van der Waals surface area contributed by atoms with Crippen molar-refractivity contribution in [2.75, 3.05) is 0 Å². The van der Waals surface area contributed by atoms with Crippen LogP contribution in [0.2, 0.25) is 0 Å². The Kier molecular flexibility index (Phi) is 1.55. The van der Waals surface area contributed by atoms with Crippen LogP contribution in [0, 0.1) is 12.3 Å². The fourth-order valence-electron chi connectivity index (χ4n) is 1.26. The van der Waals surface area contributed by atoms with Gasteiger partial charge >= 0.3 is 0 Å². The average molecular weight is 127 g/mol. The lowest BCUT2D eigenvalue weighted by atomic mass is 9.92. The van der Waals surface area contributed by atoms with Gasteiger partial charge in [0.05, 0.1) is 11.7 Å². The first-order valence-electron chi connectivity index (χ1n) is 3.55. The Balaban J connectivity index is 2.58. The summed E-state index contributed by atoms with van der Waals surface area (Å²) in [7, 11) is 0. The van der Waals surface area contributed by atoms with Crippen molar-refractivity contribution in [1.82, 2.24) is 0 Å². The van der Waals surface area contributed by atoms with Gasteiger partial charge in [0.25, 0.3) is 0 Å². The van der Waals surface area contributed by atoms with Gasteiger partial charge in [-0.15, -0.1) is 0 Å². The number of ether oxygens (including phenoxy) is 1. The van der Waals surface area contributed by atoms with Gasteiger partial charge in [-0.05, 0) is 33.1 Å². The maximum absolute atomic E-state index is 5.61. The Bertz CT molecular complexity index is 107. The third kappa shape index (κ3) is 1.26. The summed E-state index contributed by atoms with van der Waals surface area (Å²) in [5, 5.41) is 0. The molecule has 2 atom stereocenters. The smallest absolute Gasteiger partial charge is 0.0659 e. The Morgan fingerprint density at radius 1 is 1.33 bits per heavy atom. The third-order valence-electron chi connectivity index (χ3n) is 2.15. The van der Waals surface area contributed by atoms with Crippen molar-refractivity contribution in [3.05, 3.63) is 6.42 Å². The molecule has 0 aromatic rings. The molecule has 9 heavy (non-hydrogen) atoms. The summed E-state index contributed by atoms with van der Waals surface area (Å²) in [5.41, 5.74) is 0.0689. The molecule has 1 saturated heterocycles. The maximum Gasteiger partial charge on any atom is 0.0659 e. The zero-order valence-corrected chi connectivity index (χ0v) is 6.64. The van der Waals surface area contributed by atoms with Crippen molar-refractivity contribution < 1.29 is 4.74 Å². The molecule has 1 heterocycles. The molecule has 53 valence electrons. The molecule has 1 nitrogen and oxygen atoms in total. The van der Waals surface area contributed by atoms with Gasteiger partial charge in [0.2, 0.25) is 0 Å². The molecule has 0 N–H and O–H groups in total. The lowest BCUT2D eigenvalue weighted by Crippen LogP contribution is -2.25. The zero-order chi connectivity index (χ0) is 7.07. The minimum absolute atomic E-state index is 0.0689. The third-order valence-corrected chi connectivity index (χ3v) is 2.15. The molecule has 0 amide bonds. The molecule has 0 spiro atoms. The van der Waals surface area contributed by atoms with E-state index in [1.807, 2.05) is 0 Å². The predicted molar refractivity (Wildman–Crippen MR) is 38.1 cm³/mol. The summed E-state index contributed by atoms with van der Waals surface area (Å²) in [6.07, 6.45) is 2.59. The van der Waals surface area contributed by atoms with E-state index in [1.54, 1.807) is 0 Å². The SMILES string of the molecule is CC1[CH]C(C)C(C)(C)O1. The van der Waals surface area contributed by atoms with Gasteiger partial charge in [0.1, 0.15) is 0 Å². The molecule has 1 aliphatic heterocycles. The van der Waals surface area contributed by atoms with Gasteiger partial charge < -0.3 is 4.74 Å².